The van der Waals surface area contributed by atoms with E-state index in [9.17, 15) is 4.79 Å². The zero-order valence-electron chi connectivity index (χ0n) is 14.7. The van der Waals surface area contributed by atoms with E-state index in [2.05, 4.69) is 10.2 Å². The van der Waals surface area contributed by atoms with Gasteiger partial charge >= 0.3 is 0 Å². The molecule has 2 aromatic rings. The second kappa shape index (κ2) is 8.03. The molecule has 1 aliphatic heterocycles. The number of ether oxygens (including phenoxy) is 2. The van der Waals surface area contributed by atoms with Crippen molar-refractivity contribution < 1.29 is 14.3 Å². The molecule has 1 heterocycles. The first-order valence-corrected chi connectivity index (χ1v) is 8.62. The number of nitrogens with one attached hydrogen (secondary N) is 1. The van der Waals surface area contributed by atoms with Gasteiger partial charge in [0.25, 0.3) is 0 Å². The number of hydrogen-bond donors (Lipinski definition) is 1. The van der Waals surface area contributed by atoms with Crippen molar-refractivity contribution in [2.24, 2.45) is 0 Å². The van der Waals surface area contributed by atoms with Gasteiger partial charge in [0.1, 0.15) is 13.2 Å². The van der Waals surface area contributed by atoms with E-state index in [0.717, 1.165) is 29.2 Å². The molecule has 1 N–H and O–H groups in total. The van der Waals surface area contributed by atoms with Gasteiger partial charge in [0, 0.05) is 12.2 Å². The minimum atomic E-state index is -0.201. The lowest BCUT2D eigenvalue weighted by atomic mass is 10.1. The second-order valence-corrected chi connectivity index (χ2v) is 6.17. The van der Waals surface area contributed by atoms with Crippen molar-refractivity contribution in [3.8, 4) is 11.5 Å². The zero-order chi connectivity index (χ0) is 17.6. The molecule has 0 bridgehead atoms. The van der Waals surface area contributed by atoms with Gasteiger partial charge < -0.3 is 14.8 Å². The number of likely N-dealkylation sites (N-methyl/N-ethyl adjacent to an activating group) is 1. The lowest BCUT2D eigenvalue weighted by molar-refractivity contribution is -0.121. The quantitative estimate of drug-likeness (QED) is 0.876. The molecule has 0 aliphatic carbocycles. The molecule has 132 valence electrons. The molecule has 0 saturated carbocycles. The maximum Gasteiger partial charge on any atom is 0.241 e. The largest absolute Gasteiger partial charge is 0.486 e. The summed E-state index contributed by atoms with van der Waals surface area (Å²) >= 11 is 0. The van der Waals surface area contributed by atoms with E-state index in [1.54, 1.807) is 0 Å². The number of para-hydroxylation sites is 1. The van der Waals surface area contributed by atoms with Gasteiger partial charge in [-0.2, -0.15) is 0 Å². The SMILES string of the molecule is CC[C@@H](C(=O)Nc1ccccc1)N(C)Cc1ccc2c(c1)OCCO2. The van der Waals surface area contributed by atoms with E-state index in [1.165, 1.54) is 0 Å². The van der Waals surface area contributed by atoms with Gasteiger partial charge in [-0.1, -0.05) is 31.2 Å². The zero-order valence-corrected chi connectivity index (χ0v) is 14.7. The molecule has 0 saturated heterocycles. The van der Waals surface area contributed by atoms with Crippen molar-refractivity contribution in [2.45, 2.75) is 25.9 Å². The number of anilines is 1. The van der Waals surface area contributed by atoms with Crippen LogP contribution in [0, 0.1) is 0 Å². The van der Waals surface area contributed by atoms with Gasteiger partial charge in [-0.3, -0.25) is 9.69 Å². The topological polar surface area (TPSA) is 50.8 Å². The molecule has 3 rings (SSSR count). The molecule has 1 atom stereocenters. The molecule has 0 radical (unpaired) electrons. The Kier molecular flexibility index (Phi) is 5.56. The third kappa shape index (κ3) is 4.31. The third-order valence-electron chi connectivity index (χ3n) is 4.30. The van der Waals surface area contributed by atoms with Crippen molar-refractivity contribution in [1.29, 1.82) is 0 Å². The van der Waals surface area contributed by atoms with Crippen LogP contribution in [0.5, 0.6) is 11.5 Å². The smallest absolute Gasteiger partial charge is 0.241 e. The van der Waals surface area contributed by atoms with Crippen LogP contribution in [0.15, 0.2) is 48.5 Å². The Bertz CT molecular complexity index is 718. The van der Waals surface area contributed by atoms with E-state index >= 15 is 0 Å². The Balaban J connectivity index is 1.65. The highest BCUT2D eigenvalue weighted by atomic mass is 16.6. The first-order chi connectivity index (χ1) is 12.2. The van der Waals surface area contributed by atoms with Gasteiger partial charge in [0.05, 0.1) is 6.04 Å². The average molecular weight is 340 g/mol. The van der Waals surface area contributed by atoms with Crippen LogP contribution in [0.3, 0.4) is 0 Å². The minimum absolute atomic E-state index is 0.00810. The van der Waals surface area contributed by atoms with Crippen LogP contribution >= 0.6 is 0 Å². The van der Waals surface area contributed by atoms with E-state index in [4.69, 9.17) is 9.47 Å². The molecule has 0 unspecified atom stereocenters. The number of carbonyl (C=O) groups is 1. The summed E-state index contributed by atoms with van der Waals surface area (Å²) in [4.78, 5) is 14.7. The number of benzene rings is 2. The predicted octanol–water partition coefficient (Wildman–Crippen LogP) is 3.31. The number of carbonyl (C=O) groups excluding carboxylic acids is 1. The molecule has 0 aromatic heterocycles. The number of hydrogen-bond acceptors (Lipinski definition) is 4. The van der Waals surface area contributed by atoms with Crippen molar-refractivity contribution in [1.82, 2.24) is 4.90 Å². The molecule has 1 amide bonds. The summed E-state index contributed by atoms with van der Waals surface area (Å²) in [6.07, 6.45) is 0.736. The van der Waals surface area contributed by atoms with Gasteiger partial charge in [-0.05, 0) is 43.3 Å². The molecule has 5 nitrogen and oxygen atoms in total. The highest BCUT2D eigenvalue weighted by Gasteiger charge is 2.22. The van der Waals surface area contributed by atoms with Crippen LogP contribution in [-0.2, 0) is 11.3 Å². The summed E-state index contributed by atoms with van der Waals surface area (Å²) in [5.41, 5.74) is 1.91. The number of fused-ring (bicyclic) bond motifs is 1. The molecule has 0 spiro atoms. The van der Waals surface area contributed by atoms with Crippen LogP contribution in [0.4, 0.5) is 5.69 Å². The van der Waals surface area contributed by atoms with Gasteiger partial charge in [-0.15, -0.1) is 0 Å². The van der Waals surface area contributed by atoms with Crippen LogP contribution in [0.25, 0.3) is 0 Å². The molecule has 5 heteroatoms. The average Bonchev–Trinajstić information content (AvgIpc) is 2.63. The number of amides is 1. The number of rotatable bonds is 6. The van der Waals surface area contributed by atoms with Crippen LogP contribution in [-0.4, -0.2) is 37.1 Å². The fourth-order valence-electron chi connectivity index (χ4n) is 3.03. The molecule has 0 fully saturated rings. The van der Waals surface area contributed by atoms with Crippen molar-refractivity contribution in [2.75, 3.05) is 25.6 Å². The van der Waals surface area contributed by atoms with Crippen molar-refractivity contribution >= 4 is 11.6 Å². The summed E-state index contributed by atoms with van der Waals surface area (Å²) in [5.74, 6) is 1.57. The van der Waals surface area contributed by atoms with Crippen LogP contribution in [0.1, 0.15) is 18.9 Å². The maximum atomic E-state index is 12.6. The van der Waals surface area contributed by atoms with E-state index in [1.807, 2.05) is 62.5 Å². The standard InChI is InChI=1S/C20H24N2O3/c1-3-17(20(23)21-16-7-5-4-6-8-16)22(2)14-15-9-10-18-19(13-15)25-12-11-24-18/h4-10,13,17H,3,11-12,14H2,1-2H3,(H,21,23)/t17-/m0/s1. The monoisotopic (exact) mass is 340 g/mol. The fraction of sp³-hybridized carbons (Fsp3) is 0.350. The Morgan fingerprint density at radius 3 is 2.56 bits per heavy atom. The predicted molar refractivity (Wildman–Crippen MR) is 98.0 cm³/mol. The van der Waals surface area contributed by atoms with E-state index in [-0.39, 0.29) is 11.9 Å². The Hall–Kier alpha value is -2.53. The van der Waals surface area contributed by atoms with Crippen LogP contribution < -0.4 is 14.8 Å². The highest BCUT2D eigenvalue weighted by molar-refractivity contribution is 5.94. The fourth-order valence-corrected chi connectivity index (χ4v) is 3.03. The Morgan fingerprint density at radius 1 is 1.12 bits per heavy atom. The molecular weight excluding hydrogens is 316 g/mol. The summed E-state index contributed by atoms with van der Waals surface area (Å²) in [6, 6.07) is 15.3. The second-order valence-electron chi connectivity index (χ2n) is 6.17. The first kappa shape index (κ1) is 17.3. The Labute approximate surface area is 148 Å². The van der Waals surface area contributed by atoms with Gasteiger partial charge in [0.15, 0.2) is 11.5 Å². The number of nitrogens with zero attached hydrogens (tertiary/aromatic N) is 1. The van der Waals surface area contributed by atoms with E-state index in [0.29, 0.717) is 19.8 Å². The summed E-state index contributed by atoms with van der Waals surface area (Å²) in [5, 5.41) is 2.98. The lowest BCUT2D eigenvalue weighted by Crippen LogP contribution is -2.41. The van der Waals surface area contributed by atoms with Crippen LogP contribution in [0.2, 0.25) is 0 Å². The first-order valence-electron chi connectivity index (χ1n) is 8.62. The molecule has 25 heavy (non-hydrogen) atoms. The third-order valence-corrected chi connectivity index (χ3v) is 4.30. The molecule has 2 aromatic carbocycles. The molecular formula is C20H24N2O3. The summed E-state index contributed by atoms with van der Waals surface area (Å²) < 4.78 is 11.2. The van der Waals surface area contributed by atoms with Crippen molar-refractivity contribution in [3.05, 3.63) is 54.1 Å². The molecule has 1 aliphatic rings. The highest BCUT2D eigenvalue weighted by Crippen LogP contribution is 2.31. The summed E-state index contributed by atoms with van der Waals surface area (Å²) in [6.45, 7) is 3.85. The van der Waals surface area contributed by atoms with E-state index < -0.39 is 0 Å². The van der Waals surface area contributed by atoms with Gasteiger partial charge in [0.2, 0.25) is 5.91 Å². The lowest BCUT2D eigenvalue weighted by Gasteiger charge is -2.27. The maximum absolute atomic E-state index is 12.6. The Morgan fingerprint density at radius 2 is 1.84 bits per heavy atom. The minimum Gasteiger partial charge on any atom is -0.486 e. The van der Waals surface area contributed by atoms with Gasteiger partial charge in [-0.25, -0.2) is 0 Å². The van der Waals surface area contributed by atoms with Crippen molar-refractivity contribution in [3.63, 3.8) is 0 Å². The summed E-state index contributed by atoms with van der Waals surface area (Å²) in [7, 11) is 1.97. The normalized spacial score (nSPS) is 14.2.